The Morgan fingerprint density at radius 3 is 2.05 bits per heavy atom. The van der Waals surface area contributed by atoms with Crippen molar-refractivity contribution in [3.8, 4) is 5.75 Å². The van der Waals surface area contributed by atoms with Gasteiger partial charge in [0.2, 0.25) is 0 Å². The van der Waals surface area contributed by atoms with E-state index in [1.807, 2.05) is 24.3 Å². The minimum Gasteiger partial charge on any atom is -0.497 e. The van der Waals surface area contributed by atoms with Crippen molar-refractivity contribution >= 4 is 11.4 Å². The molecule has 3 heteroatoms. The lowest BCUT2D eigenvalue weighted by Crippen LogP contribution is -2.14. The summed E-state index contributed by atoms with van der Waals surface area (Å²) >= 11 is 0. The molecule has 0 fully saturated rings. The van der Waals surface area contributed by atoms with Crippen molar-refractivity contribution in [2.75, 3.05) is 30.8 Å². The molecule has 0 atom stereocenters. The Balaban J connectivity index is 1.81. The lowest BCUT2D eigenvalue weighted by atomic mass is 10.1. The Bertz CT molecular complexity index is 529. The number of rotatable bonds is 6. The van der Waals surface area contributed by atoms with Crippen molar-refractivity contribution in [1.82, 2.24) is 0 Å². The average molecular weight is 270 g/mol. The summed E-state index contributed by atoms with van der Waals surface area (Å²) in [4.78, 5) is 0. The first-order chi connectivity index (χ1) is 9.70. The third kappa shape index (κ3) is 3.67. The number of hydrogen-bond donors (Lipinski definition) is 2. The van der Waals surface area contributed by atoms with E-state index in [9.17, 15) is 0 Å². The van der Waals surface area contributed by atoms with Crippen LogP contribution in [0.15, 0.2) is 42.5 Å². The molecule has 0 amide bonds. The Hall–Kier alpha value is -2.16. The predicted molar refractivity (Wildman–Crippen MR) is 85.9 cm³/mol. The van der Waals surface area contributed by atoms with Crippen LogP contribution in [-0.4, -0.2) is 20.2 Å². The molecular formula is C17H22N2O. The summed E-state index contributed by atoms with van der Waals surface area (Å²) in [5.74, 6) is 0.879. The van der Waals surface area contributed by atoms with E-state index in [2.05, 4.69) is 42.7 Å². The number of aryl methyl sites for hydroxylation is 2. The van der Waals surface area contributed by atoms with E-state index in [0.717, 1.165) is 24.5 Å². The van der Waals surface area contributed by atoms with E-state index >= 15 is 0 Å². The summed E-state index contributed by atoms with van der Waals surface area (Å²) in [6.45, 7) is 6.02. The molecule has 0 saturated carbocycles. The van der Waals surface area contributed by atoms with Crippen LogP contribution in [0, 0.1) is 13.8 Å². The molecule has 2 aromatic rings. The number of hydrogen-bond acceptors (Lipinski definition) is 3. The fourth-order valence-corrected chi connectivity index (χ4v) is 2.20. The van der Waals surface area contributed by atoms with E-state index < -0.39 is 0 Å². The zero-order valence-electron chi connectivity index (χ0n) is 12.4. The molecule has 0 unspecified atom stereocenters. The van der Waals surface area contributed by atoms with Gasteiger partial charge in [-0.3, -0.25) is 0 Å². The molecule has 0 bridgehead atoms. The van der Waals surface area contributed by atoms with Gasteiger partial charge in [0.15, 0.2) is 0 Å². The predicted octanol–water partition coefficient (Wildman–Crippen LogP) is 3.84. The highest BCUT2D eigenvalue weighted by molar-refractivity contribution is 5.56. The molecular weight excluding hydrogens is 248 g/mol. The molecule has 0 aromatic heterocycles. The molecule has 2 N–H and O–H groups in total. The molecule has 20 heavy (non-hydrogen) atoms. The number of ether oxygens (including phenoxy) is 1. The quantitative estimate of drug-likeness (QED) is 0.783. The van der Waals surface area contributed by atoms with Gasteiger partial charge in [-0.2, -0.15) is 0 Å². The van der Waals surface area contributed by atoms with Gasteiger partial charge in [-0.25, -0.2) is 0 Å². The standard InChI is InChI=1S/C17H22N2O/c1-13-5-4-6-14(2)17(13)19-12-11-18-15-7-9-16(20-3)10-8-15/h4-10,18-19H,11-12H2,1-3H3. The molecule has 0 aliphatic carbocycles. The van der Waals surface area contributed by atoms with Gasteiger partial charge in [0.25, 0.3) is 0 Å². The summed E-state index contributed by atoms with van der Waals surface area (Å²) in [6.07, 6.45) is 0. The summed E-state index contributed by atoms with van der Waals surface area (Å²) in [5.41, 5.74) is 4.92. The summed E-state index contributed by atoms with van der Waals surface area (Å²) in [5, 5.41) is 6.87. The maximum Gasteiger partial charge on any atom is 0.119 e. The fourth-order valence-electron chi connectivity index (χ4n) is 2.20. The van der Waals surface area contributed by atoms with Crippen molar-refractivity contribution in [3.63, 3.8) is 0 Å². The van der Waals surface area contributed by atoms with E-state index in [1.165, 1.54) is 16.8 Å². The highest BCUT2D eigenvalue weighted by Crippen LogP contribution is 2.19. The van der Waals surface area contributed by atoms with Gasteiger partial charge in [-0.15, -0.1) is 0 Å². The molecule has 0 aliphatic heterocycles. The van der Waals surface area contributed by atoms with Crippen molar-refractivity contribution in [1.29, 1.82) is 0 Å². The van der Waals surface area contributed by atoms with Crippen LogP contribution < -0.4 is 15.4 Å². The van der Waals surface area contributed by atoms with Gasteiger partial charge in [0.05, 0.1) is 7.11 Å². The van der Waals surface area contributed by atoms with Gasteiger partial charge >= 0.3 is 0 Å². The first-order valence-electron chi connectivity index (χ1n) is 6.88. The lowest BCUT2D eigenvalue weighted by molar-refractivity contribution is 0.415. The van der Waals surface area contributed by atoms with Crippen molar-refractivity contribution in [2.24, 2.45) is 0 Å². The Morgan fingerprint density at radius 2 is 1.45 bits per heavy atom. The van der Waals surface area contributed by atoms with Gasteiger partial charge in [-0.1, -0.05) is 18.2 Å². The molecule has 106 valence electrons. The third-order valence-electron chi connectivity index (χ3n) is 3.33. The molecule has 0 heterocycles. The smallest absolute Gasteiger partial charge is 0.119 e. The number of anilines is 2. The largest absolute Gasteiger partial charge is 0.497 e. The number of benzene rings is 2. The topological polar surface area (TPSA) is 33.3 Å². The van der Waals surface area contributed by atoms with Crippen molar-refractivity contribution in [2.45, 2.75) is 13.8 Å². The zero-order valence-corrected chi connectivity index (χ0v) is 12.4. The SMILES string of the molecule is COc1ccc(NCCNc2c(C)cccc2C)cc1. The van der Waals surface area contributed by atoms with E-state index in [-0.39, 0.29) is 0 Å². The van der Waals surface area contributed by atoms with Crippen LogP contribution in [0.25, 0.3) is 0 Å². The molecule has 3 nitrogen and oxygen atoms in total. The van der Waals surface area contributed by atoms with Crippen LogP contribution in [0.2, 0.25) is 0 Å². The Kier molecular flexibility index (Phi) is 4.88. The highest BCUT2D eigenvalue weighted by atomic mass is 16.5. The minimum atomic E-state index is 0.875. The van der Waals surface area contributed by atoms with Gasteiger partial charge in [0.1, 0.15) is 5.75 Å². The lowest BCUT2D eigenvalue weighted by Gasteiger charge is -2.13. The first-order valence-corrected chi connectivity index (χ1v) is 6.88. The van der Waals surface area contributed by atoms with Crippen LogP contribution in [-0.2, 0) is 0 Å². The zero-order chi connectivity index (χ0) is 14.4. The summed E-state index contributed by atoms with van der Waals surface area (Å²) in [7, 11) is 1.68. The second kappa shape index (κ2) is 6.85. The normalized spacial score (nSPS) is 10.2. The number of nitrogens with one attached hydrogen (secondary N) is 2. The minimum absolute atomic E-state index is 0.875. The van der Waals surface area contributed by atoms with Crippen LogP contribution >= 0.6 is 0 Å². The molecule has 0 aliphatic rings. The van der Waals surface area contributed by atoms with E-state index in [1.54, 1.807) is 7.11 Å². The molecule has 2 aromatic carbocycles. The maximum absolute atomic E-state index is 5.14. The molecule has 0 saturated heterocycles. The Labute approximate surface area is 121 Å². The first kappa shape index (κ1) is 14.3. The molecule has 2 rings (SSSR count). The fraction of sp³-hybridized carbons (Fsp3) is 0.294. The summed E-state index contributed by atoms with van der Waals surface area (Å²) < 4.78 is 5.14. The number of methoxy groups -OCH3 is 1. The maximum atomic E-state index is 5.14. The second-order valence-electron chi connectivity index (χ2n) is 4.85. The van der Waals surface area contributed by atoms with E-state index in [0.29, 0.717) is 0 Å². The number of para-hydroxylation sites is 1. The van der Waals surface area contributed by atoms with Crippen LogP contribution in [0.3, 0.4) is 0 Å². The van der Waals surface area contributed by atoms with Crippen molar-refractivity contribution < 1.29 is 4.74 Å². The van der Waals surface area contributed by atoms with Crippen LogP contribution in [0.5, 0.6) is 5.75 Å². The molecule has 0 radical (unpaired) electrons. The van der Waals surface area contributed by atoms with Gasteiger partial charge in [0, 0.05) is 24.5 Å². The van der Waals surface area contributed by atoms with Crippen LogP contribution in [0.4, 0.5) is 11.4 Å². The van der Waals surface area contributed by atoms with Crippen LogP contribution in [0.1, 0.15) is 11.1 Å². The third-order valence-corrected chi connectivity index (χ3v) is 3.33. The van der Waals surface area contributed by atoms with Gasteiger partial charge in [-0.05, 0) is 49.2 Å². The van der Waals surface area contributed by atoms with E-state index in [4.69, 9.17) is 4.74 Å². The molecule has 0 spiro atoms. The monoisotopic (exact) mass is 270 g/mol. The second-order valence-corrected chi connectivity index (χ2v) is 4.85. The Morgan fingerprint density at radius 1 is 0.850 bits per heavy atom. The summed E-state index contributed by atoms with van der Waals surface area (Å²) in [6, 6.07) is 14.3. The van der Waals surface area contributed by atoms with Gasteiger partial charge < -0.3 is 15.4 Å². The van der Waals surface area contributed by atoms with Crippen molar-refractivity contribution in [3.05, 3.63) is 53.6 Å². The highest BCUT2D eigenvalue weighted by Gasteiger charge is 2.00. The average Bonchev–Trinajstić information content (AvgIpc) is 2.46.